The average molecular weight is 347 g/mol. The van der Waals surface area contributed by atoms with Gasteiger partial charge in [0.1, 0.15) is 5.82 Å². The third-order valence-electron chi connectivity index (χ3n) is 3.56. The maximum Gasteiger partial charge on any atom is 0.252 e. The maximum atomic E-state index is 12.0. The molecule has 0 saturated heterocycles. The van der Waals surface area contributed by atoms with Gasteiger partial charge in [0.2, 0.25) is 0 Å². The molecular formula is C17H25N5OS. The highest BCUT2D eigenvalue weighted by Crippen LogP contribution is 2.16. The van der Waals surface area contributed by atoms with E-state index in [0.29, 0.717) is 18.0 Å². The Hall–Kier alpha value is -1.89. The molecule has 0 fully saturated rings. The number of nitrogens with one attached hydrogen (secondary N) is 1. The van der Waals surface area contributed by atoms with Crippen molar-refractivity contribution in [2.75, 3.05) is 12.8 Å². The second-order valence-corrected chi connectivity index (χ2v) is 6.93. The fourth-order valence-electron chi connectivity index (χ4n) is 2.36. The molecule has 0 aromatic carbocycles. The van der Waals surface area contributed by atoms with Gasteiger partial charge in [-0.3, -0.25) is 9.78 Å². The molecule has 2 aromatic heterocycles. The molecule has 2 rings (SSSR count). The lowest BCUT2D eigenvalue weighted by atomic mass is 10.2. The van der Waals surface area contributed by atoms with Crippen molar-refractivity contribution in [3.63, 3.8) is 0 Å². The molecule has 0 radical (unpaired) electrons. The van der Waals surface area contributed by atoms with Crippen molar-refractivity contribution in [2.45, 2.75) is 45.3 Å². The molecule has 6 nitrogen and oxygen atoms in total. The first-order valence-corrected chi connectivity index (χ1v) is 9.40. The molecule has 130 valence electrons. The summed E-state index contributed by atoms with van der Waals surface area (Å²) in [5, 5.41) is 12.4. The van der Waals surface area contributed by atoms with Gasteiger partial charge in [-0.2, -0.15) is 0 Å². The first kappa shape index (κ1) is 18.4. The average Bonchev–Trinajstić information content (AvgIpc) is 2.93. The van der Waals surface area contributed by atoms with Crippen LogP contribution < -0.4 is 5.32 Å². The topological polar surface area (TPSA) is 72.7 Å². The van der Waals surface area contributed by atoms with E-state index >= 15 is 0 Å². The summed E-state index contributed by atoms with van der Waals surface area (Å²) >= 11 is 1.61. The van der Waals surface area contributed by atoms with Gasteiger partial charge in [-0.25, -0.2) is 0 Å². The molecule has 0 aliphatic carbocycles. The van der Waals surface area contributed by atoms with Crippen LogP contribution in [0.4, 0.5) is 0 Å². The minimum atomic E-state index is -0.0871. The Labute approximate surface area is 147 Å². The monoisotopic (exact) mass is 347 g/mol. The van der Waals surface area contributed by atoms with Crippen molar-refractivity contribution in [2.24, 2.45) is 5.92 Å². The second kappa shape index (κ2) is 8.82. The first-order valence-electron chi connectivity index (χ1n) is 8.18. The highest BCUT2D eigenvalue weighted by atomic mass is 32.2. The minimum Gasteiger partial charge on any atom is -0.352 e. The van der Waals surface area contributed by atoms with Gasteiger partial charge >= 0.3 is 0 Å². The van der Waals surface area contributed by atoms with Crippen LogP contribution in [-0.2, 0) is 13.0 Å². The SMILES string of the molecule is CSc1nnc(CCCNC(=O)c2ccc(C)nc2)n1CC(C)C. The number of thioether (sulfide) groups is 1. The molecule has 2 heterocycles. The summed E-state index contributed by atoms with van der Waals surface area (Å²) in [5.41, 5.74) is 1.49. The summed E-state index contributed by atoms with van der Waals surface area (Å²) in [7, 11) is 0. The first-order chi connectivity index (χ1) is 11.5. The Morgan fingerprint density at radius 2 is 2.12 bits per heavy atom. The van der Waals surface area contributed by atoms with E-state index in [-0.39, 0.29) is 5.91 Å². The van der Waals surface area contributed by atoms with E-state index in [4.69, 9.17) is 0 Å². The van der Waals surface area contributed by atoms with E-state index in [9.17, 15) is 4.79 Å². The zero-order valence-corrected chi connectivity index (χ0v) is 15.6. The molecule has 0 unspecified atom stereocenters. The molecule has 0 aliphatic rings. The van der Waals surface area contributed by atoms with Crippen LogP contribution in [0.1, 0.15) is 42.1 Å². The zero-order valence-electron chi connectivity index (χ0n) is 14.7. The Kier molecular flexibility index (Phi) is 6.78. The zero-order chi connectivity index (χ0) is 17.5. The van der Waals surface area contributed by atoms with Crippen LogP contribution in [0.15, 0.2) is 23.5 Å². The minimum absolute atomic E-state index is 0.0871. The van der Waals surface area contributed by atoms with Gasteiger partial charge in [0.15, 0.2) is 5.16 Å². The Morgan fingerprint density at radius 3 is 2.75 bits per heavy atom. The van der Waals surface area contributed by atoms with Gasteiger partial charge < -0.3 is 9.88 Å². The Balaban J connectivity index is 1.85. The van der Waals surface area contributed by atoms with Gasteiger partial charge in [0.25, 0.3) is 5.91 Å². The number of aromatic nitrogens is 4. The van der Waals surface area contributed by atoms with Crippen molar-refractivity contribution in [3.05, 3.63) is 35.4 Å². The number of hydrogen-bond donors (Lipinski definition) is 1. The van der Waals surface area contributed by atoms with E-state index in [1.54, 1.807) is 24.0 Å². The number of rotatable bonds is 8. The van der Waals surface area contributed by atoms with Crippen LogP contribution in [0.3, 0.4) is 0 Å². The van der Waals surface area contributed by atoms with Crippen LogP contribution in [0, 0.1) is 12.8 Å². The maximum absolute atomic E-state index is 12.0. The Bertz CT molecular complexity index is 666. The quantitative estimate of drug-likeness (QED) is 0.587. The molecule has 7 heteroatoms. The van der Waals surface area contributed by atoms with Crippen molar-refractivity contribution >= 4 is 17.7 Å². The predicted molar refractivity (Wildman–Crippen MR) is 96.3 cm³/mol. The highest BCUT2D eigenvalue weighted by molar-refractivity contribution is 7.98. The van der Waals surface area contributed by atoms with E-state index in [0.717, 1.165) is 36.1 Å². The van der Waals surface area contributed by atoms with Crippen molar-refractivity contribution < 1.29 is 4.79 Å². The van der Waals surface area contributed by atoms with Gasteiger partial charge in [0.05, 0.1) is 5.56 Å². The van der Waals surface area contributed by atoms with Crippen molar-refractivity contribution in [3.8, 4) is 0 Å². The van der Waals surface area contributed by atoms with E-state index in [1.165, 1.54) is 0 Å². The van der Waals surface area contributed by atoms with Crippen molar-refractivity contribution in [1.29, 1.82) is 0 Å². The van der Waals surface area contributed by atoms with Crippen molar-refractivity contribution in [1.82, 2.24) is 25.1 Å². The number of amides is 1. The number of pyridine rings is 1. The van der Waals surface area contributed by atoms with Gasteiger partial charge in [0, 0.05) is 31.4 Å². The fraction of sp³-hybridized carbons (Fsp3) is 0.529. The molecule has 0 aliphatic heterocycles. The Morgan fingerprint density at radius 1 is 1.33 bits per heavy atom. The lowest BCUT2D eigenvalue weighted by Crippen LogP contribution is -2.25. The van der Waals surface area contributed by atoms with Crippen LogP contribution in [-0.4, -0.2) is 38.5 Å². The fourth-order valence-corrected chi connectivity index (χ4v) is 2.88. The van der Waals surface area contributed by atoms with Crippen LogP contribution >= 0.6 is 11.8 Å². The third kappa shape index (κ3) is 5.06. The molecule has 1 N–H and O–H groups in total. The molecule has 2 aromatic rings. The third-order valence-corrected chi connectivity index (χ3v) is 4.23. The summed E-state index contributed by atoms with van der Waals surface area (Å²) in [6.45, 7) is 7.79. The van der Waals surface area contributed by atoms with E-state index < -0.39 is 0 Å². The largest absolute Gasteiger partial charge is 0.352 e. The van der Waals surface area contributed by atoms with Crippen LogP contribution in [0.5, 0.6) is 0 Å². The normalized spacial score (nSPS) is 11.0. The number of nitrogens with zero attached hydrogens (tertiary/aromatic N) is 4. The van der Waals surface area contributed by atoms with Gasteiger partial charge in [-0.15, -0.1) is 10.2 Å². The molecule has 0 saturated carbocycles. The molecule has 0 atom stereocenters. The molecular weight excluding hydrogens is 322 g/mol. The standard InChI is InChI=1S/C17H25N5OS/c1-12(2)11-22-15(20-21-17(22)24-4)6-5-9-18-16(23)14-8-7-13(3)19-10-14/h7-8,10,12H,5-6,9,11H2,1-4H3,(H,18,23). The predicted octanol–water partition coefficient (Wildman–Crippen LogP) is 2.72. The number of hydrogen-bond acceptors (Lipinski definition) is 5. The highest BCUT2D eigenvalue weighted by Gasteiger charge is 2.12. The number of carbonyl (C=O) groups is 1. The summed E-state index contributed by atoms with van der Waals surface area (Å²) < 4.78 is 2.18. The summed E-state index contributed by atoms with van der Waals surface area (Å²) in [6.07, 6.45) is 5.25. The lowest BCUT2D eigenvalue weighted by molar-refractivity contribution is 0.0953. The number of aryl methyl sites for hydroxylation is 2. The summed E-state index contributed by atoms with van der Waals surface area (Å²) in [4.78, 5) is 16.2. The van der Waals surface area contributed by atoms with Gasteiger partial charge in [-0.05, 0) is 37.7 Å². The van der Waals surface area contributed by atoms with E-state index in [1.807, 2.05) is 19.2 Å². The molecule has 0 bridgehead atoms. The summed E-state index contributed by atoms with van der Waals surface area (Å²) in [6, 6.07) is 3.63. The second-order valence-electron chi connectivity index (χ2n) is 6.16. The number of carbonyl (C=O) groups excluding carboxylic acids is 1. The molecule has 1 amide bonds. The summed E-state index contributed by atoms with van der Waals surface area (Å²) in [5.74, 6) is 1.44. The molecule has 0 spiro atoms. The molecule has 24 heavy (non-hydrogen) atoms. The van der Waals surface area contributed by atoms with Crippen LogP contribution in [0.25, 0.3) is 0 Å². The smallest absolute Gasteiger partial charge is 0.252 e. The van der Waals surface area contributed by atoms with Crippen LogP contribution in [0.2, 0.25) is 0 Å². The van der Waals surface area contributed by atoms with E-state index in [2.05, 4.69) is 38.9 Å². The van der Waals surface area contributed by atoms with Gasteiger partial charge in [-0.1, -0.05) is 25.6 Å². The lowest BCUT2D eigenvalue weighted by Gasteiger charge is -2.11.